The molecule has 2 fully saturated rings. The molecular weight excluding hydrogens is 374 g/mol. The first-order chi connectivity index (χ1) is 13.6. The number of hydrogen-bond acceptors (Lipinski definition) is 7. The van der Waals surface area contributed by atoms with Gasteiger partial charge in [0.25, 0.3) is 0 Å². The third kappa shape index (κ3) is 3.10. The highest BCUT2D eigenvalue weighted by Crippen LogP contribution is 2.29. The van der Waals surface area contributed by atoms with E-state index in [-0.39, 0.29) is 6.03 Å². The Morgan fingerprint density at radius 2 is 1.93 bits per heavy atom. The van der Waals surface area contributed by atoms with Crippen molar-refractivity contribution in [2.24, 2.45) is 0 Å². The number of carbonyl (C=O) groups is 1. The van der Waals surface area contributed by atoms with Gasteiger partial charge < -0.3 is 4.90 Å². The predicted octanol–water partition coefficient (Wildman–Crippen LogP) is 2.77. The van der Waals surface area contributed by atoms with E-state index in [1.54, 1.807) is 12.4 Å². The SMILES string of the molecule is Cc1nnc(-c2cnc3cnc(NC(=O)N4CC5CCC(C4)N5C)cc3c2)s1. The summed E-state index contributed by atoms with van der Waals surface area (Å²) in [6, 6.07) is 4.73. The van der Waals surface area contributed by atoms with E-state index in [1.165, 1.54) is 24.2 Å². The molecule has 5 rings (SSSR count). The van der Waals surface area contributed by atoms with Gasteiger partial charge in [-0.05, 0) is 38.9 Å². The van der Waals surface area contributed by atoms with Crippen LogP contribution in [0.3, 0.4) is 0 Å². The first-order valence-corrected chi connectivity index (χ1v) is 10.2. The molecule has 0 aliphatic carbocycles. The fraction of sp³-hybridized carbons (Fsp3) is 0.421. The minimum absolute atomic E-state index is 0.0827. The molecule has 2 aliphatic heterocycles. The largest absolute Gasteiger partial charge is 0.323 e. The van der Waals surface area contributed by atoms with Crippen LogP contribution in [-0.4, -0.2) is 68.2 Å². The lowest BCUT2D eigenvalue weighted by Gasteiger charge is -2.38. The molecule has 0 aromatic carbocycles. The van der Waals surface area contributed by atoms with Crippen molar-refractivity contribution in [2.45, 2.75) is 31.8 Å². The number of nitrogens with zero attached hydrogens (tertiary/aromatic N) is 6. The van der Waals surface area contributed by atoms with Crippen molar-refractivity contribution < 1.29 is 4.79 Å². The Bertz CT molecular complexity index is 1040. The fourth-order valence-electron chi connectivity index (χ4n) is 4.10. The number of nitrogens with one attached hydrogen (secondary N) is 1. The molecule has 2 unspecified atom stereocenters. The number of rotatable bonds is 2. The van der Waals surface area contributed by atoms with E-state index >= 15 is 0 Å². The number of urea groups is 1. The molecule has 2 saturated heterocycles. The van der Waals surface area contributed by atoms with Gasteiger partial charge in [0.2, 0.25) is 0 Å². The van der Waals surface area contributed by atoms with E-state index in [0.717, 1.165) is 39.6 Å². The van der Waals surface area contributed by atoms with Crippen LogP contribution in [0.25, 0.3) is 21.5 Å². The summed E-state index contributed by atoms with van der Waals surface area (Å²) < 4.78 is 0. The molecule has 144 valence electrons. The highest BCUT2D eigenvalue weighted by atomic mass is 32.1. The number of fused-ring (bicyclic) bond motifs is 3. The number of likely N-dealkylation sites (tertiary alicyclic amines) is 1. The Labute approximate surface area is 166 Å². The molecule has 0 saturated carbocycles. The van der Waals surface area contributed by atoms with Crippen molar-refractivity contribution in [3.63, 3.8) is 0 Å². The molecular formula is C19H21N7OS. The molecule has 2 aliphatic rings. The maximum Gasteiger partial charge on any atom is 0.323 e. The maximum atomic E-state index is 12.7. The number of likely N-dealkylation sites (N-methyl/N-ethyl adjacent to an activating group) is 1. The molecule has 3 aromatic rings. The second kappa shape index (κ2) is 6.75. The molecule has 5 heterocycles. The van der Waals surface area contributed by atoms with Gasteiger partial charge in [-0.3, -0.25) is 15.2 Å². The molecule has 28 heavy (non-hydrogen) atoms. The molecule has 9 heteroatoms. The summed E-state index contributed by atoms with van der Waals surface area (Å²) in [4.78, 5) is 25.9. The summed E-state index contributed by atoms with van der Waals surface area (Å²) in [7, 11) is 2.16. The molecule has 3 aromatic heterocycles. The Hall–Kier alpha value is -2.65. The van der Waals surface area contributed by atoms with Crippen molar-refractivity contribution in [1.29, 1.82) is 0 Å². The number of aryl methyl sites for hydroxylation is 1. The van der Waals surface area contributed by atoms with Gasteiger partial charge in [-0.2, -0.15) is 0 Å². The van der Waals surface area contributed by atoms with Gasteiger partial charge >= 0.3 is 6.03 Å². The summed E-state index contributed by atoms with van der Waals surface area (Å²) in [6.45, 7) is 3.47. The second-order valence-electron chi connectivity index (χ2n) is 7.50. The average molecular weight is 395 g/mol. The standard InChI is InChI=1S/C19H21N7OS/c1-11-23-24-18(28-11)13-5-12-6-17(21-8-16(12)20-7-13)22-19(27)26-9-14-3-4-15(10-26)25(14)2/h5-8,14-15H,3-4,9-10H2,1-2H3,(H,21,22,27). The van der Waals surface area contributed by atoms with Gasteiger partial charge in [-0.1, -0.05) is 11.3 Å². The van der Waals surface area contributed by atoms with Crippen molar-refractivity contribution >= 4 is 34.1 Å². The van der Waals surface area contributed by atoms with Gasteiger partial charge in [0.05, 0.1) is 11.7 Å². The second-order valence-corrected chi connectivity index (χ2v) is 8.68. The van der Waals surface area contributed by atoms with Crippen LogP contribution in [0.1, 0.15) is 17.8 Å². The smallest absolute Gasteiger partial charge is 0.321 e. The van der Waals surface area contributed by atoms with Crippen molar-refractivity contribution in [1.82, 2.24) is 30.0 Å². The van der Waals surface area contributed by atoms with Crippen LogP contribution < -0.4 is 5.32 Å². The predicted molar refractivity (Wildman–Crippen MR) is 108 cm³/mol. The van der Waals surface area contributed by atoms with Crippen molar-refractivity contribution in [3.8, 4) is 10.6 Å². The zero-order valence-electron chi connectivity index (χ0n) is 15.8. The molecule has 0 spiro atoms. The minimum atomic E-state index is -0.0827. The third-order valence-electron chi connectivity index (χ3n) is 5.71. The molecule has 2 amide bonds. The number of aromatic nitrogens is 4. The number of piperazine rings is 1. The summed E-state index contributed by atoms with van der Waals surface area (Å²) >= 11 is 1.53. The van der Waals surface area contributed by atoms with Crippen LogP contribution in [0.5, 0.6) is 0 Å². The van der Waals surface area contributed by atoms with Crippen LogP contribution in [-0.2, 0) is 0 Å². The van der Waals surface area contributed by atoms with Crippen LogP contribution >= 0.6 is 11.3 Å². The first-order valence-electron chi connectivity index (χ1n) is 9.41. The molecule has 1 N–H and O–H groups in total. The van der Waals surface area contributed by atoms with Crippen LogP contribution in [0.2, 0.25) is 0 Å². The third-order valence-corrected chi connectivity index (χ3v) is 6.60. The number of hydrogen-bond donors (Lipinski definition) is 1. The Morgan fingerprint density at radius 3 is 2.64 bits per heavy atom. The monoisotopic (exact) mass is 395 g/mol. The number of pyridine rings is 2. The van der Waals surface area contributed by atoms with Crippen LogP contribution in [0.4, 0.5) is 10.6 Å². The van der Waals surface area contributed by atoms with Gasteiger partial charge in [0.1, 0.15) is 15.8 Å². The van der Waals surface area contributed by atoms with E-state index in [0.29, 0.717) is 17.9 Å². The van der Waals surface area contributed by atoms with Crippen molar-refractivity contribution in [2.75, 3.05) is 25.5 Å². The summed E-state index contributed by atoms with van der Waals surface area (Å²) in [5, 5.41) is 13.9. The molecule has 2 bridgehead atoms. The van der Waals surface area contributed by atoms with Gasteiger partial charge in [0.15, 0.2) is 0 Å². The zero-order valence-corrected chi connectivity index (χ0v) is 16.6. The molecule has 8 nitrogen and oxygen atoms in total. The van der Waals surface area contributed by atoms with E-state index in [1.807, 2.05) is 24.0 Å². The lowest BCUT2D eigenvalue weighted by Crippen LogP contribution is -2.54. The van der Waals surface area contributed by atoms with E-state index in [9.17, 15) is 4.79 Å². The lowest BCUT2D eigenvalue weighted by atomic mass is 10.2. The Balaban J connectivity index is 1.36. The number of anilines is 1. The lowest BCUT2D eigenvalue weighted by molar-refractivity contribution is 0.110. The highest BCUT2D eigenvalue weighted by Gasteiger charge is 2.39. The summed E-state index contributed by atoms with van der Waals surface area (Å²) in [5.74, 6) is 0.538. The fourth-order valence-corrected chi connectivity index (χ4v) is 4.77. The van der Waals surface area contributed by atoms with E-state index in [2.05, 4.69) is 37.4 Å². The number of amides is 2. The van der Waals surface area contributed by atoms with Gasteiger partial charge in [0, 0.05) is 42.3 Å². The topological polar surface area (TPSA) is 87.1 Å². The summed E-state index contributed by atoms with van der Waals surface area (Å²) in [5.41, 5.74) is 1.69. The zero-order chi connectivity index (χ0) is 19.3. The van der Waals surface area contributed by atoms with E-state index in [4.69, 9.17) is 0 Å². The first kappa shape index (κ1) is 17.4. The average Bonchev–Trinajstić information content (AvgIpc) is 3.19. The van der Waals surface area contributed by atoms with Gasteiger partial charge in [-0.15, -0.1) is 10.2 Å². The van der Waals surface area contributed by atoms with Gasteiger partial charge in [-0.25, -0.2) is 9.78 Å². The Morgan fingerprint density at radius 1 is 1.14 bits per heavy atom. The minimum Gasteiger partial charge on any atom is -0.321 e. The highest BCUT2D eigenvalue weighted by molar-refractivity contribution is 7.14. The quantitative estimate of drug-likeness (QED) is 0.718. The van der Waals surface area contributed by atoms with Crippen LogP contribution in [0.15, 0.2) is 24.5 Å². The van der Waals surface area contributed by atoms with Crippen LogP contribution in [0, 0.1) is 6.92 Å². The molecule has 0 radical (unpaired) electrons. The normalized spacial score (nSPS) is 22.0. The Kier molecular flexibility index (Phi) is 4.21. The molecule has 2 atom stereocenters. The maximum absolute atomic E-state index is 12.7. The number of carbonyl (C=O) groups excluding carboxylic acids is 1. The summed E-state index contributed by atoms with van der Waals surface area (Å²) in [6.07, 6.45) is 5.80. The van der Waals surface area contributed by atoms with Crippen molar-refractivity contribution in [3.05, 3.63) is 29.5 Å². The van der Waals surface area contributed by atoms with E-state index < -0.39 is 0 Å².